The Kier molecular flexibility index (Phi) is 6.21. The lowest BCUT2D eigenvalue weighted by molar-refractivity contribution is 0.472. The molecule has 10 rings (SSSR count). The zero-order valence-corrected chi connectivity index (χ0v) is 27.1. The van der Waals surface area contributed by atoms with Gasteiger partial charge in [-0.3, -0.25) is 0 Å². The van der Waals surface area contributed by atoms with Gasteiger partial charge in [0.15, 0.2) is 0 Å². The molecule has 10 aromatic carbocycles. The first-order valence-electron chi connectivity index (χ1n) is 17.0. The van der Waals surface area contributed by atoms with Crippen LogP contribution in [0.15, 0.2) is 170 Å². The van der Waals surface area contributed by atoms with Crippen molar-refractivity contribution in [3.05, 3.63) is 170 Å². The average molecular weight is 639 g/mol. The van der Waals surface area contributed by atoms with E-state index in [1.54, 1.807) is 0 Å². The second-order valence-electron chi connectivity index (χ2n) is 13.1. The standard InChI is InChI=1S/C48H30O2/c49-47-43(41-25-29-13-1-5-17-33(29)37-21-9-11-23-39(37)41)27-31-15-3-7-19-35(31)45(47)46-36-20-8-4-16-32(36)28-44(48(46)50)42-26-30-14-2-6-18-34(30)38-22-10-12-24-40(38)42/h1-28,49-50H. The lowest BCUT2D eigenvalue weighted by Gasteiger charge is -2.21. The summed E-state index contributed by atoms with van der Waals surface area (Å²) in [6.07, 6.45) is 0. The first-order valence-corrected chi connectivity index (χ1v) is 17.0. The molecule has 10 aromatic rings. The van der Waals surface area contributed by atoms with Crippen LogP contribution in [-0.2, 0) is 0 Å². The molecule has 2 heteroatoms. The summed E-state index contributed by atoms with van der Waals surface area (Å²) in [4.78, 5) is 0. The highest BCUT2D eigenvalue weighted by molar-refractivity contribution is 6.20. The van der Waals surface area contributed by atoms with Crippen LogP contribution in [0.3, 0.4) is 0 Å². The van der Waals surface area contributed by atoms with E-state index < -0.39 is 0 Å². The Labute approximate surface area is 288 Å². The molecular formula is C48H30O2. The predicted octanol–water partition coefficient (Wildman–Crippen LogP) is 13.0. The van der Waals surface area contributed by atoms with E-state index in [1.165, 1.54) is 10.8 Å². The fraction of sp³-hybridized carbons (Fsp3) is 0. The fourth-order valence-electron chi connectivity index (χ4n) is 8.14. The molecule has 0 amide bonds. The third-order valence-electron chi connectivity index (χ3n) is 10.4. The van der Waals surface area contributed by atoms with Gasteiger partial charge in [-0.15, -0.1) is 0 Å². The van der Waals surface area contributed by atoms with Gasteiger partial charge >= 0.3 is 0 Å². The molecule has 234 valence electrons. The van der Waals surface area contributed by atoms with Gasteiger partial charge < -0.3 is 10.2 Å². The van der Waals surface area contributed by atoms with Gasteiger partial charge in [0.25, 0.3) is 0 Å². The summed E-state index contributed by atoms with van der Waals surface area (Å²) in [5, 5.41) is 38.0. The number of benzene rings is 10. The molecule has 0 aliphatic carbocycles. The molecule has 0 aliphatic rings. The summed E-state index contributed by atoms with van der Waals surface area (Å²) in [6.45, 7) is 0. The molecule has 0 fully saturated rings. The smallest absolute Gasteiger partial charge is 0.132 e. The van der Waals surface area contributed by atoms with Crippen LogP contribution >= 0.6 is 0 Å². The van der Waals surface area contributed by atoms with E-state index in [2.05, 4.69) is 133 Å². The summed E-state index contributed by atoms with van der Waals surface area (Å²) < 4.78 is 0. The topological polar surface area (TPSA) is 40.5 Å². The van der Waals surface area contributed by atoms with Crippen LogP contribution < -0.4 is 0 Å². The molecule has 0 aliphatic heterocycles. The highest BCUT2D eigenvalue weighted by Crippen LogP contribution is 2.53. The summed E-state index contributed by atoms with van der Waals surface area (Å²) in [6, 6.07) is 58.4. The van der Waals surface area contributed by atoms with E-state index in [0.29, 0.717) is 11.1 Å². The van der Waals surface area contributed by atoms with Crippen molar-refractivity contribution in [1.82, 2.24) is 0 Å². The summed E-state index contributed by atoms with van der Waals surface area (Å²) in [5.41, 5.74) is 4.59. The van der Waals surface area contributed by atoms with Crippen LogP contribution in [0.1, 0.15) is 0 Å². The largest absolute Gasteiger partial charge is 0.507 e. The summed E-state index contributed by atoms with van der Waals surface area (Å²) >= 11 is 0. The number of fused-ring (bicyclic) bond motifs is 8. The normalized spacial score (nSPS) is 11.8. The van der Waals surface area contributed by atoms with Gasteiger partial charge in [0.1, 0.15) is 11.5 Å². The van der Waals surface area contributed by atoms with E-state index in [-0.39, 0.29) is 11.5 Å². The van der Waals surface area contributed by atoms with Crippen molar-refractivity contribution in [3.8, 4) is 44.9 Å². The number of phenols is 2. The Morgan fingerprint density at radius 1 is 0.240 bits per heavy atom. The van der Waals surface area contributed by atoms with Gasteiger partial charge in [-0.05, 0) is 100 Å². The Morgan fingerprint density at radius 3 is 0.880 bits per heavy atom. The maximum absolute atomic E-state index is 12.7. The van der Waals surface area contributed by atoms with Crippen molar-refractivity contribution in [1.29, 1.82) is 0 Å². The number of rotatable bonds is 3. The molecule has 0 bridgehead atoms. The predicted molar refractivity (Wildman–Crippen MR) is 211 cm³/mol. The third-order valence-corrected chi connectivity index (χ3v) is 10.4. The maximum Gasteiger partial charge on any atom is 0.132 e. The van der Waals surface area contributed by atoms with Gasteiger partial charge in [-0.25, -0.2) is 0 Å². The first kappa shape index (κ1) is 28.4. The number of hydrogen-bond donors (Lipinski definition) is 2. The highest BCUT2D eigenvalue weighted by Gasteiger charge is 2.25. The third kappa shape index (κ3) is 4.15. The molecule has 2 N–H and O–H groups in total. The van der Waals surface area contributed by atoms with Gasteiger partial charge in [-0.1, -0.05) is 146 Å². The van der Waals surface area contributed by atoms with Crippen molar-refractivity contribution in [2.24, 2.45) is 0 Å². The number of hydrogen-bond acceptors (Lipinski definition) is 2. The van der Waals surface area contributed by atoms with Crippen molar-refractivity contribution < 1.29 is 10.2 Å². The molecule has 50 heavy (non-hydrogen) atoms. The summed E-state index contributed by atoms with van der Waals surface area (Å²) in [7, 11) is 0. The van der Waals surface area contributed by atoms with E-state index in [0.717, 1.165) is 76.1 Å². The van der Waals surface area contributed by atoms with Crippen molar-refractivity contribution in [2.75, 3.05) is 0 Å². The fourth-order valence-corrected chi connectivity index (χ4v) is 8.14. The molecule has 0 atom stereocenters. The quantitative estimate of drug-likeness (QED) is 0.189. The average Bonchev–Trinajstić information content (AvgIpc) is 3.17. The van der Waals surface area contributed by atoms with Gasteiger partial charge in [0.05, 0.1) is 0 Å². The molecule has 0 radical (unpaired) electrons. The maximum atomic E-state index is 12.7. The Bertz CT molecular complexity index is 2800. The SMILES string of the molecule is Oc1c(-c2cc3ccccc3c3ccccc23)cc2ccccc2c1-c1c(O)c(-c2cc3ccccc3c3ccccc23)cc2ccccc12. The Hall–Kier alpha value is -6.64. The van der Waals surface area contributed by atoms with Crippen molar-refractivity contribution >= 4 is 64.6 Å². The minimum atomic E-state index is 0.144. The zero-order chi connectivity index (χ0) is 33.3. The minimum absolute atomic E-state index is 0.144. The Morgan fingerprint density at radius 2 is 0.500 bits per heavy atom. The van der Waals surface area contributed by atoms with Crippen LogP contribution in [0, 0.1) is 0 Å². The molecule has 0 heterocycles. The minimum Gasteiger partial charge on any atom is -0.507 e. The van der Waals surface area contributed by atoms with Gasteiger partial charge in [0.2, 0.25) is 0 Å². The lowest BCUT2D eigenvalue weighted by Crippen LogP contribution is -1.93. The number of phenolic OH excluding ortho intramolecular Hbond substituents is 2. The van der Waals surface area contributed by atoms with E-state index in [9.17, 15) is 10.2 Å². The number of aromatic hydroxyl groups is 2. The molecule has 0 unspecified atom stereocenters. The van der Waals surface area contributed by atoms with Crippen molar-refractivity contribution in [3.63, 3.8) is 0 Å². The van der Waals surface area contributed by atoms with Crippen LogP contribution in [0.2, 0.25) is 0 Å². The van der Waals surface area contributed by atoms with Crippen LogP contribution in [0.25, 0.3) is 98.0 Å². The first-order chi connectivity index (χ1) is 24.7. The molecule has 2 nitrogen and oxygen atoms in total. The van der Waals surface area contributed by atoms with E-state index in [1.807, 2.05) is 36.4 Å². The van der Waals surface area contributed by atoms with Crippen LogP contribution in [-0.4, -0.2) is 10.2 Å². The molecule has 0 saturated carbocycles. The molecule has 0 saturated heterocycles. The van der Waals surface area contributed by atoms with E-state index in [4.69, 9.17) is 0 Å². The van der Waals surface area contributed by atoms with Gasteiger partial charge in [0, 0.05) is 22.3 Å². The lowest BCUT2D eigenvalue weighted by atomic mass is 9.84. The molecule has 0 aromatic heterocycles. The van der Waals surface area contributed by atoms with E-state index >= 15 is 0 Å². The van der Waals surface area contributed by atoms with Crippen LogP contribution in [0.4, 0.5) is 0 Å². The highest BCUT2D eigenvalue weighted by atomic mass is 16.3. The molecule has 0 spiro atoms. The van der Waals surface area contributed by atoms with Crippen LogP contribution in [0.5, 0.6) is 11.5 Å². The summed E-state index contributed by atoms with van der Waals surface area (Å²) in [5.74, 6) is 0.287. The Balaban J connectivity index is 1.35. The zero-order valence-electron chi connectivity index (χ0n) is 27.1. The van der Waals surface area contributed by atoms with Gasteiger partial charge in [-0.2, -0.15) is 0 Å². The van der Waals surface area contributed by atoms with Crippen molar-refractivity contribution in [2.45, 2.75) is 0 Å². The molecular weight excluding hydrogens is 609 g/mol. The second-order valence-corrected chi connectivity index (χ2v) is 13.1. The monoisotopic (exact) mass is 638 g/mol. The second kappa shape index (κ2) is 10.9.